The molecule has 6 atom stereocenters. The predicted molar refractivity (Wildman–Crippen MR) is 95.9 cm³/mol. The first-order valence-corrected chi connectivity index (χ1v) is 10.2. The zero-order chi connectivity index (χ0) is 18.0. The Balaban J connectivity index is 1.77. The molecule has 3 aliphatic carbocycles. The van der Waals surface area contributed by atoms with Gasteiger partial charge in [0.15, 0.2) is 10.9 Å². The molecule has 4 aliphatic rings. The summed E-state index contributed by atoms with van der Waals surface area (Å²) in [6, 6.07) is 0. The number of ether oxygens (including phenoxy) is 1. The van der Waals surface area contributed by atoms with Crippen molar-refractivity contribution in [3.05, 3.63) is 11.6 Å². The molecule has 0 amide bonds. The Hall–Kier alpha value is -1.10. The van der Waals surface area contributed by atoms with Crippen molar-refractivity contribution in [3.8, 4) is 0 Å². The van der Waals surface area contributed by atoms with Crippen LogP contribution in [0.4, 0.5) is 0 Å². The van der Waals surface area contributed by atoms with Crippen molar-refractivity contribution < 1.29 is 19.1 Å². The van der Waals surface area contributed by atoms with Crippen LogP contribution in [-0.4, -0.2) is 28.7 Å². The lowest BCUT2D eigenvalue weighted by Gasteiger charge is -2.58. The van der Waals surface area contributed by atoms with Gasteiger partial charge < -0.3 is 4.74 Å². The number of esters is 1. The zero-order valence-corrected chi connectivity index (χ0v) is 16.0. The van der Waals surface area contributed by atoms with Crippen LogP contribution in [0.5, 0.6) is 0 Å². The Morgan fingerprint density at radius 3 is 2.68 bits per heavy atom. The molecule has 0 radical (unpaired) electrons. The Bertz CT molecular complexity index is 683. The monoisotopic (exact) mass is 362 g/mol. The van der Waals surface area contributed by atoms with Crippen LogP contribution in [0.2, 0.25) is 0 Å². The molecule has 4 rings (SSSR count). The second-order valence-electron chi connectivity index (χ2n) is 8.75. The van der Waals surface area contributed by atoms with Crippen LogP contribution in [-0.2, 0) is 19.1 Å². The van der Waals surface area contributed by atoms with Crippen LogP contribution in [0, 0.1) is 28.6 Å². The molecular formula is C20H26O4S. The van der Waals surface area contributed by atoms with Gasteiger partial charge in [-0.3, -0.25) is 14.4 Å². The van der Waals surface area contributed by atoms with Gasteiger partial charge in [-0.2, -0.15) is 0 Å². The van der Waals surface area contributed by atoms with Crippen molar-refractivity contribution in [3.63, 3.8) is 0 Å². The molecule has 0 aromatic carbocycles. The molecule has 2 saturated carbocycles. The molecule has 1 heterocycles. The highest BCUT2D eigenvalue weighted by Crippen LogP contribution is 2.64. The molecule has 136 valence electrons. The van der Waals surface area contributed by atoms with E-state index in [1.807, 2.05) is 6.08 Å². The van der Waals surface area contributed by atoms with Crippen molar-refractivity contribution in [2.24, 2.45) is 28.6 Å². The second kappa shape index (κ2) is 5.70. The van der Waals surface area contributed by atoms with E-state index >= 15 is 0 Å². The number of cyclic esters (lactones) is 1. The maximum atomic E-state index is 12.4. The molecule has 1 saturated heterocycles. The summed E-state index contributed by atoms with van der Waals surface area (Å²) in [5, 5.41) is 0.263. The molecule has 4 nitrogen and oxygen atoms in total. The summed E-state index contributed by atoms with van der Waals surface area (Å²) in [6.45, 7) is 6.46. The van der Waals surface area contributed by atoms with Crippen molar-refractivity contribution in [2.45, 2.75) is 58.1 Å². The molecule has 1 aliphatic heterocycles. The van der Waals surface area contributed by atoms with Crippen LogP contribution in [0.3, 0.4) is 0 Å². The van der Waals surface area contributed by atoms with Crippen molar-refractivity contribution in [2.75, 3.05) is 6.61 Å². The van der Waals surface area contributed by atoms with Gasteiger partial charge in [-0.05, 0) is 55.9 Å². The number of rotatable bonds is 1. The molecule has 5 heteroatoms. The summed E-state index contributed by atoms with van der Waals surface area (Å²) in [6.07, 6.45) is 5.99. The van der Waals surface area contributed by atoms with E-state index in [0.29, 0.717) is 24.9 Å². The molecule has 0 unspecified atom stereocenters. The largest absolute Gasteiger partial charge is 0.465 e. The minimum absolute atomic E-state index is 0.0272. The number of thioether (sulfide) groups is 1. The standard InChI is InChI=1S/C20H26O4S/c1-11(21)25-16-9-12-8-13(22)4-6-19(12,2)14-5-7-20(3)15(17(14)16)10-24-18(20)23/h8,14-17H,4-7,9-10H2,1-3H3/t14-,15-,16+,17+,19-,20-/m0/s1. The highest BCUT2D eigenvalue weighted by Gasteiger charge is 2.63. The molecule has 0 N–H and O–H groups in total. The summed E-state index contributed by atoms with van der Waals surface area (Å²) in [4.78, 5) is 36.3. The SMILES string of the molecule is CC(=O)S[C@@H]1CC2=CC(=O)CC[C@]2(C)[C@H]2CC[C@]3(C)C(=O)OC[C@H]3[C@H]12. The third-order valence-electron chi connectivity index (χ3n) is 7.53. The molecule has 3 fully saturated rings. The van der Waals surface area contributed by atoms with Gasteiger partial charge in [-0.15, -0.1) is 0 Å². The summed E-state index contributed by atoms with van der Waals surface area (Å²) < 4.78 is 5.49. The average Bonchev–Trinajstić information content (AvgIpc) is 2.84. The summed E-state index contributed by atoms with van der Waals surface area (Å²) >= 11 is 1.41. The van der Waals surface area contributed by atoms with E-state index in [1.165, 1.54) is 17.3 Å². The topological polar surface area (TPSA) is 60.4 Å². The van der Waals surface area contributed by atoms with Crippen LogP contribution in [0.25, 0.3) is 0 Å². The quantitative estimate of drug-likeness (QED) is 0.668. The van der Waals surface area contributed by atoms with E-state index in [0.717, 1.165) is 25.7 Å². The first kappa shape index (κ1) is 17.3. The smallest absolute Gasteiger partial charge is 0.312 e. The Kier molecular flexibility index (Phi) is 3.95. The maximum absolute atomic E-state index is 12.4. The van der Waals surface area contributed by atoms with Crippen molar-refractivity contribution >= 4 is 28.6 Å². The fraction of sp³-hybridized carbons (Fsp3) is 0.750. The number of carbonyl (C=O) groups excluding carboxylic acids is 3. The van der Waals surface area contributed by atoms with Gasteiger partial charge in [0, 0.05) is 24.5 Å². The van der Waals surface area contributed by atoms with Crippen molar-refractivity contribution in [1.82, 2.24) is 0 Å². The van der Waals surface area contributed by atoms with Crippen LogP contribution >= 0.6 is 11.8 Å². The number of hydrogen-bond donors (Lipinski definition) is 0. The van der Waals surface area contributed by atoms with Gasteiger partial charge in [-0.1, -0.05) is 24.3 Å². The Morgan fingerprint density at radius 1 is 1.20 bits per heavy atom. The minimum atomic E-state index is -0.404. The van der Waals surface area contributed by atoms with Crippen LogP contribution in [0.15, 0.2) is 11.6 Å². The van der Waals surface area contributed by atoms with Crippen LogP contribution in [0.1, 0.15) is 52.9 Å². The number of fused-ring (bicyclic) bond motifs is 5. The van der Waals surface area contributed by atoms with Gasteiger partial charge in [0.1, 0.15) is 0 Å². The molecule has 0 aromatic heterocycles. The van der Waals surface area contributed by atoms with Crippen molar-refractivity contribution in [1.29, 1.82) is 0 Å². The number of ketones is 1. The van der Waals surface area contributed by atoms with Crippen LogP contribution < -0.4 is 0 Å². The summed E-state index contributed by atoms with van der Waals surface area (Å²) in [5.74, 6) is 1.07. The third kappa shape index (κ3) is 2.45. The number of hydrogen-bond acceptors (Lipinski definition) is 5. The van der Waals surface area contributed by atoms with E-state index in [9.17, 15) is 14.4 Å². The minimum Gasteiger partial charge on any atom is -0.465 e. The third-order valence-corrected chi connectivity index (χ3v) is 8.64. The van der Waals surface area contributed by atoms with E-state index in [2.05, 4.69) is 13.8 Å². The summed E-state index contributed by atoms with van der Waals surface area (Å²) in [7, 11) is 0. The highest BCUT2D eigenvalue weighted by molar-refractivity contribution is 8.14. The van der Waals surface area contributed by atoms with Gasteiger partial charge in [0.25, 0.3) is 0 Å². The molecule has 0 bridgehead atoms. The fourth-order valence-electron chi connectivity index (χ4n) is 6.06. The zero-order valence-electron chi connectivity index (χ0n) is 15.2. The first-order valence-electron chi connectivity index (χ1n) is 9.34. The van der Waals surface area contributed by atoms with E-state index in [4.69, 9.17) is 4.74 Å². The molecule has 0 spiro atoms. The van der Waals surface area contributed by atoms with Gasteiger partial charge in [0.05, 0.1) is 12.0 Å². The predicted octanol–water partition coefficient (Wildman–Crippen LogP) is 3.54. The van der Waals surface area contributed by atoms with Gasteiger partial charge in [0.2, 0.25) is 0 Å². The maximum Gasteiger partial charge on any atom is 0.312 e. The fourth-order valence-corrected chi connectivity index (χ4v) is 7.28. The number of carbonyl (C=O) groups is 3. The molecule has 25 heavy (non-hydrogen) atoms. The molecular weight excluding hydrogens is 336 g/mol. The molecule has 0 aromatic rings. The van der Waals surface area contributed by atoms with Gasteiger partial charge >= 0.3 is 5.97 Å². The lowest BCUT2D eigenvalue weighted by atomic mass is 9.47. The summed E-state index contributed by atoms with van der Waals surface area (Å²) in [5.41, 5.74) is 0.857. The highest BCUT2D eigenvalue weighted by atomic mass is 32.2. The van der Waals surface area contributed by atoms with E-state index in [1.54, 1.807) is 6.92 Å². The van der Waals surface area contributed by atoms with Gasteiger partial charge in [-0.25, -0.2) is 0 Å². The van der Waals surface area contributed by atoms with E-state index < -0.39 is 5.41 Å². The lowest BCUT2D eigenvalue weighted by molar-refractivity contribution is -0.148. The second-order valence-corrected chi connectivity index (χ2v) is 10.2. The van der Waals surface area contributed by atoms with E-state index in [-0.39, 0.29) is 33.5 Å². The Labute approximate surface area is 153 Å². The lowest BCUT2D eigenvalue weighted by Crippen LogP contribution is -2.55. The average molecular weight is 362 g/mol. The normalized spacial score (nSPS) is 45.8. The first-order chi connectivity index (χ1) is 11.8. The Morgan fingerprint density at radius 2 is 1.96 bits per heavy atom. The number of allylic oxidation sites excluding steroid dienone is 2.